The fourth-order valence-corrected chi connectivity index (χ4v) is 3.03. The molecule has 0 bridgehead atoms. The van der Waals surface area contributed by atoms with Gasteiger partial charge >= 0.3 is 0 Å². The summed E-state index contributed by atoms with van der Waals surface area (Å²) in [6.45, 7) is 4.14. The third kappa shape index (κ3) is 5.86. The van der Waals surface area contributed by atoms with Gasteiger partial charge in [0, 0.05) is 0 Å². The second kappa shape index (κ2) is 9.23. The topological polar surface area (TPSA) is 77.2 Å². The van der Waals surface area contributed by atoms with Crippen LogP contribution < -0.4 is 10.1 Å². The van der Waals surface area contributed by atoms with Crippen LogP contribution in [-0.2, 0) is 11.4 Å². The zero-order valence-electron chi connectivity index (χ0n) is 15.2. The molecular formula is C20H21N3O3S. The highest BCUT2D eigenvalue weighted by Gasteiger charge is 2.13. The quantitative estimate of drug-likeness (QED) is 0.594. The van der Waals surface area contributed by atoms with Crippen LogP contribution in [0.15, 0.2) is 64.2 Å². The van der Waals surface area contributed by atoms with Crippen molar-refractivity contribution in [3.63, 3.8) is 0 Å². The Hall–Kier alpha value is -2.80. The van der Waals surface area contributed by atoms with Crippen LogP contribution in [0.25, 0.3) is 0 Å². The van der Waals surface area contributed by atoms with Crippen LogP contribution in [0.4, 0.5) is 0 Å². The first kappa shape index (κ1) is 19.0. The maximum absolute atomic E-state index is 12.1. The molecule has 1 amide bonds. The Kier molecular flexibility index (Phi) is 6.49. The molecule has 0 unspecified atom stereocenters. The smallest absolute Gasteiger partial charge is 0.277 e. The van der Waals surface area contributed by atoms with Crippen molar-refractivity contribution in [3.05, 3.63) is 71.6 Å². The minimum absolute atomic E-state index is 0.0553. The molecule has 27 heavy (non-hydrogen) atoms. The summed E-state index contributed by atoms with van der Waals surface area (Å²) in [6, 6.07) is 17.5. The van der Waals surface area contributed by atoms with E-state index >= 15 is 0 Å². The molecule has 0 aliphatic heterocycles. The van der Waals surface area contributed by atoms with E-state index in [2.05, 4.69) is 15.5 Å². The predicted octanol–water partition coefficient (Wildman–Crippen LogP) is 3.93. The summed E-state index contributed by atoms with van der Waals surface area (Å²) in [4.78, 5) is 12.1. The number of nitrogens with zero attached hydrogens (tertiary/aromatic N) is 2. The Morgan fingerprint density at radius 3 is 2.78 bits per heavy atom. The van der Waals surface area contributed by atoms with Crippen molar-refractivity contribution in [1.82, 2.24) is 15.5 Å². The third-order valence-corrected chi connectivity index (χ3v) is 4.62. The van der Waals surface area contributed by atoms with Crippen molar-refractivity contribution in [1.29, 1.82) is 0 Å². The number of aromatic nitrogens is 2. The zero-order valence-corrected chi connectivity index (χ0v) is 16.0. The molecule has 3 rings (SSSR count). The number of nitrogens with one attached hydrogen (secondary N) is 1. The molecule has 1 aromatic heterocycles. The van der Waals surface area contributed by atoms with Crippen LogP contribution in [0.2, 0.25) is 0 Å². The second-order valence-electron chi connectivity index (χ2n) is 6.06. The summed E-state index contributed by atoms with van der Waals surface area (Å²) in [7, 11) is 0. The van der Waals surface area contributed by atoms with Crippen molar-refractivity contribution in [2.24, 2.45) is 0 Å². The fourth-order valence-electron chi connectivity index (χ4n) is 2.44. The van der Waals surface area contributed by atoms with Crippen LogP contribution in [0.5, 0.6) is 5.75 Å². The fraction of sp³-hybridized carbons (Fsp3) is 0.250. The minimum Gasteiger partial charge on any atom is -0.484 e. The van der Waals surface area contributed by atoms with E-state index < -0.39 is 0 Å². The molecule has 0 saturated carbocycles. The number of benzene rings is 2. The van der Waals surface area contributed by atoms with E-state index in [1.54, 1.807) is 0 Å². The number of carbonyl (C=O) groups excluding carboxylic acids is 1. The lowest BCUT2D eigenvalue weighted by atomic mass is 10.1. The maximum atomic E-state index is 12.1. The lowest BCUT2D eigenvalue weighted by Gasteiger charge is -2.13. The van der Waals surface area contributed by atoms with Gasteiger partial charge in [0.05, 0.1) is 11.8 Å². The molecule has 6 nitrogen and oxygen atoms in total. The first-order valence-corrected chi connectivity index (χ1v) is 9.57. The Bertz CT molecular complexity index is 883. The van der Waals surface area contributed by atoms with Crippen molar-refractivity contribution in [2.45, 2.75) is 31.7 Å². The van der Waals surface area contributed by atoms with Crippen LogP contribution in [0, 0.1) is 6.92 Å². The standard InChI is InChI=1S/C20H21N3O3S/c1-14-7-6-10-17(11-14)25-12-19-22-23-20(26-19)27-13-18(24)21-15(2)16-8-4-3-5-9-16/h3-11,15H,12-13H2,1-2H3,(H,21,24)/t15-/m0/s1. The lowest BCUT2D eigenvalue weighted by Crippen LogP contribution is -2.28. The van der Waals surface area contributed by atoms with Gasteiger partial charge in [-0.1, -0.05) is 54.2 Å². The number of hydrogen-bond acceptors (Lipinski definition) is 6. The monoisotopic (exact) mass is 383 g/mol. The van der Waals surface area contributed by atoms with Gasteiger partial charge in [0.15, 0.2) is 6.61 Å². The van der Waals surface area contributed by atoms with Crippen LogP contribution in [0.1, 0.15) is 30.0 Å². The van der Waals surface area contributed by atoms with E-state index in [9.17, 15) is 4.79 Å². The van der Waals surface area contributed by atoms with Gasteiger partial charge < -0.3 is 14.5 Å². The number of aryl methyl sites for hydroxylation is 1. The van der Waals surface area contributed by atoms with Gasteiger partial charge in [-0.3, -0.25) is 4.79 Å². The molecule has 2 aromatic carbocycles. The molecule has 0 fully saturated rings. The van der Waals surface area contributed by atoms with Crippen LogP contribution >= 0.6 is 11.8 Å². The predicted molar refractivity (Wildman–Crippen MR) is 104 cm³/mol. The summed E-state index contributed by atoms with van der Waals surface area (Å²) in [5, 5.41) is 11.2. The molecule has 0 saturated heterocycles. The summed E-state index contributed by atoms with van der Waals surface area (Å²) in [5.74, 6) is 1.23. The SMILES string of the molecule is Cc1cccc(OCc2nnc(SCC(=O)N[C@@H](C)c3ccccc3)o2)c1. The highest BCUT2D eigenvalue weighted by atomic mass is 32.2. The number of thioether (sulfide) groups is 1. The van der Waals surface area contributed by atoms with Crippen LogP contribution in [-0.4, -0.2) is 21.9 Å². The van der Waals surface area contributed by atoms with Gasteiger partial charge in [0.25, 0.3) is 11.1 Å². The van der Waals surface area contributed by atoms with Crippen LogP contribution in [0.3, 0.4) is 0 Å². The number of hydrogen-bond donors (Lipinski definition) is 1. The van der Waals surface area contributed by atoms with E-state index in [4.69, 9.17) is 9.15 Å². The maximum Gasteiger partial charge on any atom is 0.277 e. The summed E-state index contributed by atoms with van der Waals surface area (Å²) in [6.07, 6.45) is 0. The molecule has 3 aromatic rings. The van der Waals surface area contributed by atoms with E-state index in [-0.39, 0.29) is 24.3 Å². The molecule has 7 heteroatoms. The number of ether oxygens (including phenoxy) is 1. The van der Waals surface area contributed by atoms with Gasteiger partial charge in [-0.25, -0.2) is 0 Å². The van der Waals surface area contributed by atoms with E-state index in [1.165, 1.54) is 11.8 Å². The van der Waals surface area contributed by atoms with E-state index in [1.807, 2.05) is 68.4 Å². The van der Waals surface area contributed by atoms with Gasteiger partial charge in [-0.15, -0.1) is 10.2 Å². The Morgan fingerprint density at radius 2 is 2.00 bits per heavy atom. The highest BCUT2D eigenvalue weighted by Crippen LogP contribution is 2.19. The van der Waals surface area contributed by atoms with Crippen molar-refractivity contribution in [2.75, 3.05) is 5.75 Å². The molecular weight excluding hydrogens is 362 g/mol. The Balaban J connectivity index is 1.44. The first-order chi connectivity index (χ1) is 13.1. The average molecular weight is 383 g/mol. The molecule has 0 aliphatic rings. The van der Waals surface area contributed by atoms with E-state index in [0.717, 1.165) is 16.9 Å². The number of carbonyl (C=O) groups is 1. The van der Waals surface area contributed by atoms with Gasteiger partial charge in [0.1, 0.15) is 5.75 Å². The molecule has 1 heterocycles. The number of amides is 1. The molecule has 1 atom stereocenters. The molecule has 0 radical (unpaired) electrons. The largest absolute Gasteiger partial charge is 0.484 e. The number of rotatable bonds is 8. The van der Waals surface area contributed by atoms with Crippen molar-refractivity contribution >= 4 is 17.7 Å². The average Bonchev–Trinajstić information content (AvgIpc) is 3.13. The van der Waals surface area contributed by atoms with Gasteiger partial charge in [-0.2, -0.15) is 0 Å². The molecule has 140 valence electrons. The minimum atomic E-state index is -0.0906. The molecule has 0 spiro atoms. The van der Waals surface area contributed by atoms with Crippen molar-refractivity contribution < 1.29 is 13.9 Å². The zero-order chi connectivity index (χ0) is 19.1. The van der Waals surface area contributed by atoms with Gasteiger partial charge in [-0.05, 0) is 37.1 Å². The lowest BCUT2D eigenvalue weighted by molar-refractivity contribution is -0.119. The highest BCUT2D eigenvalue weighted by molar-refractivity contribution is 7.99. The van der Waals surface area contributed by atoms with Crippen molar-refractivity contribution in [3.8, 4) is 5.75 Å². The molecule has 0 aliphatic carbocycles. The summed E-state index contributed by atoms with van der Waals surface area (Å²) in [5.41, 5.74) is 2.18. The summed E-state index contributed by atoms with van der Waals surface area (Å²) < 4.78 is 11.1. The Morgan fingerprint density at radius 1 is 1.19 bits per heavy atom. The first-order valence-electron chi connectivity index (χ1n) is 8.59. The van der Waals surface area contributed by atoms with Gasteiger partial charge in [0.2, 0.25) is 5.91 Å². The van der Waals surface area contributed by atoms with E-state index in [0.29, 0.717) is 11.1 Å². The third-order valence-electron chi connectivity index (χ3n) is 3.80. The summed E-state index contributed by atoms with van der Waals surface area (Å²) >= 11 is 1.20. The second-order valence-corrected chi connectivity index (χ2v) is 6.98. The molecule has 1 N–H and O–H groups in total. The normalized spacial score (nSPS) is 11.8. The Labute approximate surface area is 162 Å².